The van der Waals surface area contributed by atoms with Gasteiger partial charge in [0.05, 0.1) is 25.7 Å². The Morgan fingerprint density at radius 2 is 0.857 bits per heavy atom. The lowest BCUT2D eigenvalue weighted by atomic mass is 9.66. The summed E-state index contributed by atoms with van der Waals surface area (Å²) in [6, 6.07) is 0. The molecule has 246 valence electrons. The molecule has 1 atom stereocenters. The first-order valence-electron chi connectivity index (χ1n) is 18.1. The number of esters is 3. The second kappa shape index (κ2) is 25.9. The van der Waals surface area contributed by atoms with Crippen LogP contribution in [0.3, 0.4) is 0 Å². The number of hydrogen-bond acceptors (Lipinski definition) is 6. The third kappa shape index (κ3) is 15.8. The van der Waals surface area contributed by atoms with E-state index in [1.54, 1.807) is 0 Å². The Morgan fingerprint density at radius 3 is 1.26 bits per heavy atom. The quantitative estimate of drug-likeness (QED) is 0.0407. The molecule has 42 heavy (non-hydrogen) atoms. The second-order valence-corrected chi connectivity index (χ2v) is 12.6. The van der Waals surface area contributed by atoms with Crippen molar-refractivity contribution in [2.45, 2.75) is 181 Å². The number of hydrogen-bond donors (Lipinski definition) is 0. The van der Waals surface area contributed by atoms with Crippen LogP contribution >= 0.6 is 0 Å². The van der Waals surface area contributed by atoms with E-state index < -0.39 is 29.2 Å². The highest BCUT2D eigenvalue weighted by Gasteiger charge is 2.59. The summed E-state index contributed by atoms with van der Waals surface area (Å²) >= 11 is 0. The fourth-order valence-electron chi connectivity index (χ4n) is 6.10. The minimum absolute atomic E-state index is 0.277. The average molecular weight is 595 g/mol. The van der Waals surface area contributed by atoms with Gasteiger partial charge in [0.15, 0.2) is 5.41 Å². The zero-order valence-electron chi connectivity index (χ0n) is 27.8. The van der Waals surface area contributed by atoms with Crippen molar-refractivity contribution in [3.63, 3.8) is 0 Å². The van der Waals surface area contributed by atoms with E-state index in [2.05, 4.69) is 20.8 Å². The summed E-state index contributed by atoms with van der Waals surface area (Å²) in [6.07, 6.45) is 25.8. The molecule has 0 bridgehead atoms. The Bertz CT molecular complexity index is 658. The smallest absolute Gasteiger partial charge is 0.324 e. The van der Waals surface area contributed by atoms with Crippen LogP contribution in [-0.2, 0) is 28.6 Å². The lowest BCUT2D eigenvalue weighted by Crippen LogP contribution is -2.52. The number of ether oxygens (including phenoxy) is 3. The van der Waals surface area contributed by atoms with Crippen molar-refractivity contribution in [2.75, 3.05) is 19.8 Å². The van der Waals surface area contributed by atoms with Gasteiger partial charge in [0.25, 0.3) is 0 Å². The lowest BCUT2D eigenvalue weighted by molar-refractivity contribution is -0.187. The van der Waals surface area contributed by atoms with Crippen molar-refractivity contribution in [1.29, 1.82) is 0 Å². The van der Waals surface area contributed by atoms with Gasteiger partial charge >= 0.3 is 17.9 Å². The summed E-state index contributed by atoms with van der Waals surface area (Å²) in [7, 11) is 0. The molecular weight excluding hydrogens is 528 g/mol. The third-order valence-electron chi connectivity index (χ3n) is 8.88. The van der Waals surface area contributed by atoms with E-state index in [-0.39, 0.29) is 19.6 Å². The molecule has 1 saturated carbocycles. The number of carbonyl (C=O) groups excluding carboxylic acids is 3. The van der Waals surface area contributed by atoms with Crippen molar-refractivity contribution in [3.05, 3.63) is 0 Å². The topological polar surface area (TPSA) is 78.9 Å². The van der Waals surface area contributed by atoms with Crippen molar-refractivity contribution >= 4 is 17.9 Å². The molecule has 1 rings (SSSR count). The molecular formula is C36H66O6. The molecule has 0 radical (unpaired) electrons. The summed E-state index contributed by atoms with van der Waals surface area (Å²) in [5, 5.41) is 0. The molecule has 1 fully saturated rings. The zero-order valence-corrected chi connectivity index (χ0v) is 27.8. The molecule has 0 spiro atoms. The van der Waals surface area contributed by atoms with E-state index in [0.717, 1.165) is 64.2 Å². The van der Waals surface area contributed by atoms with Crippen LogP contribution < -0.4 is 0 Å². The summed E-state index contributed by atoms with van der Waals surface area (Å²) in [5.41, 5.74) is -1.59. The van der Waals surface area contributed by atoms with Crippen LogP contribution in [0.4, 0.5) is 0 Å². The molecule has 0 heterocycles. The van der Waals surface area contributed by atoms with Crippen molar-refractivity contribution in [1.82, 2.24) is 0 Å². The van der Waals surface area contributed by atoms with Gasteiger partial charge in [-0.3, -0.25) is 14.4 Å². The highest BCUT2D eigenvalue weighted by atomic mass is 16.6. The van der Waals surface area contributed by atoms with Gasteiger partial charge in [-0.1, -0.05) is 149 Å². The number of rotatable bonds is 27. The van der Waals surface area contributed by atoms with E-state index in [1.807, 2.05) is 0 Å². The van der Waals surface area contributed by atoms with Gasteiger partial charge in [-0.2, -0.15) is 0 Å². The van der Waals surface area contributed by atoms with Gasteiger partial charge in [-0.15, -0.1) is 0 Å². The van der Waals surface area contributed by atoms with Crippen molar-refractivity contribution in [2.24, 2.45) is 11.3 Å². The minimum atomic E-state index is -1.59. The number of carbonyl (C=O) groups is 3. The van der Waals surface area contributed by atoms with Crippen LogP contribution in [0.5, 0.6) is 0 Å². The second-order valence-electron chi connectivity index (χ2n) is 12.6. The van der Waals surface area contributed by atoms with Crippen LogP contribution in [0.1, 0.15) is 181 Å². The Morgan fingerprint density at radius 1 is 0.500 bits per heavy atom. The largest absolute Gasteiger partial charge is 0.465 e. The maximum absolute atomic E-state index is 13.7. The van der Waals surface area contributed by atoms with E-state index >= 15 is 0 Å². The molecule has 0 saturated heterocycles. The predicted octanol–water partition coefficient (Wildman–Crippen LogP) is 10.0. The van der Waals surface area contributed by atoms with Crippen LogP contribution in [-0.4, -0.2) is 37.7 Å². The molecule has 6 nitrogen and oxygen atoms in total. The van der Waals surface area contributed by atoms with Crippen molar-refractivity contribution in [3.8, 4) is 0 Å². The van der Waals surface area contributed by atoms with E-state index in [1.165, 1.54) is 77.0 Å². The molecule has 1 unspecified atom stereocenters. The Balaban J connectivity index is 2.73. The molecule has 1 aliphatic carbocycles. The average Bonchev–Trinajstić information content (AvgIpc) is 3.00. The fourth-order valence-corrected chi connectivity index (χ4v) is 6.10. The van der Waals surface area contributed by atoms with Crippen LogP contribution in [0.15, 0.2) is 0 Å². The Labute approximate surface area is 258 Å². The van der Waals surface area contributed by atoms with Gasteiger partial charge in [-0.25, -0.2) is 0 Å². The summed E-state index contributed by atoms with van der Waals surface area (Å²) in [4.78, 5) is 40.7. The van der Waals surface area contributed by atoms with Crippen LogP contribution in [0.25, 0.3) is 0 Å². The Hall–Kier alpha value is -1.59. The van der Waals surface area contributed by atoms with Gasteiger partial charge in [0.2, 0.25) is 0 Å². The molecule has 0 aromatic carbocycles. The highest BCUT2D eigenvalue weighted by Crippen LogP contribution is 2.44. The summed E-state index contributed by atoms with van der Waals surface area (Å²) < 4.78 is 17.2. The van der Waals surface area contributed by atoms with Crippen LogP contribution in [0, 0.1) is 11.3 Å². The first-order valence-corrected chi connectivity index (χ1v) is 18.1. The predicted molar refractivity (Wildman–Crippen MR) is 171 cm³/mol. The number of unbranched alkanes of at least 4 members (excludes halogenated alkanes) is 18. The minimum Gasteiger partial charge on any atom is -0.465 e. The molecule has 6 heteroatoms. The zero-order chi connectivity index (χ0) is 30.7. The molecule has 0 aromatic rings. The van der Waals surface area contributed by atoms with E-state index in [0.29, 0.717) is 19.4 Å². The molecule has 0 N–H and O–H groups in total. The van der Waals surface area contributed by atoms with Crippen LogP contribution in [0.2, 0.25) is 0 Å². The summed E-state index contributed by atoms with van der Waals surface area (Å²) in [5.74, 6) is -2.45. The monoisotopic (exact) mass is 594 g/mol. The SMILES string of the molecule is CCCCCCCCCOC(=O)C1CCCCC1(C(=O)OCCCCCCCCC)C(=O)OCCCCCCCCC. The lowest BCUT2D eigenvalue weighted by Gasteiger charge is -2.38. The first kappa shape index (κ1) is 38.4. The normalized spacial score (nSPS) is 16.2. The maximum Gasteiger partial charge on any atom is 0.324 e. The Kier molecular flexibility index (Phi) is 23.7. The molecule has 0 amide bonds. The molecule has 0 aliphatic heterocycles. The van der Waals surface area contributed by atoms with Gasteiger partial charge < -0.3 is 14.2 Å². The van der Waals surface area contributed by atoms with Gasteiger partial charge in [0, 0.05) is 0 Å². The maximum atomic E-state index is 13.7. The third-order valence-corrected chi connectivity index (χ3v) is 8.88. The van der Waals surface area contributed by atoms with Crippen molar-refractivity contribution < 1.29 is 28.6 Å². The molecule has 0 aromatic heterocycles. The fraction of sp³-hybridized carbons (Fsp3) is 0.917. The van der Waals surface area contributed by atoms with Gasteiger partial charge in [0.1, 0.15) is 0 Å². The standard InChI is InChI=1S/C36H66O6/c1-4-7-10-13-16-19-24-29-40-33(37)32-27-22-23-28-36(32,34(38)41-30-25-20-17-14-11-8-5-2)35(39)42-31-26-21-18-15-12-9-6-3/h32H,4-31H2,1-3H3. The highest BCUT2D eigenvalue weighted by molar-refractivity contribution is 6.04. The molecule has 1 aliphatic rings. The first-order chi connectivity index (χ1) is 20.5. The summed E-state index contributed by atoms with van der Waals surface area (Å²) in [6.45, 7) is 7.51. The van der Waals surface area contributed by atoms with Gasteiger partial charge in [-0.05, 0) is 32.1 Å². The van der Waals surface area contributed by atoms with E-state index in [9.17, 15) is 14.4 Å². The van der Waals surface area contributed by atoms with E-state index in [4.69, 9.17) is 14.2 Å².